The summed E-state index contributed by atoms with van der Waals surface area (Å²) < 4.78 is 10.8. The molecule has 1 amide bonds. The Morgan fingerprint density at radius 2 is 1.92 bits per heavy atom. The van der Waals surface area contributed by atoms with Gasteiger partial charge in [0.1, 0.15) is 11.7 Å². The summed E-state index contributed by atoms with van der Waals surface area (Å²) in [4.78, 5) is 25.9. The predicted molar refractivity (Wildman–Crippen MR) is 88.6 cm³/mol. The SMILES string of the molecule is C=C1CN(C(=O)OC(C)(C)C)[C@H](CO)[C@H]1OC(=O)c1ccccc1. The van der Waals surface area contributed by atoms with Gasteiger partial charge in [0.05, 0.1) is 18.2 Å². The van der Waals surface area contributed by atoms with Gasteiger partial charge in [-0.25, -0.2) is 9.59 Å². The second kappa shape index (κ2) is 7.05. The number of carbonyl (C=O) groups excluding carboxylic acids is 2. The molecule has 0 bridgehead atoms. The van der Waals surface area contributed by atoms with Gasteiger partial charge in [-0.3, -0.25) is 4.90 Å². The highest BCUT2D eigenvalue weighted by atomic mass is 16.6. The third-order valence-electron chi connectivity index (χ3n) is 3.58. The fraction of sp³-hybridized carbons (Fsp3) is 0.444. The molecule has 0 aromatic heterocycles. The molecule has 24 heavy (non-hydrogen) atoms. The summed E-state index contributed by atoms with van der Waals surface area (Å²) in [6, 6.07) is 7.83. The van der Waals surface area contributed by atoms with Crippen LogP contribution >= 0.6 is 0 Å². The molecule has 1 aromatic rings. The third kappa shape index (κ3) is 4.14. The lowest BCUT2D eigenvalue weighted by Gasteiger charge is -2.28. The van der Waals surface area contributed by atoms with Crippen molar-refractivity contribution in [3.8, 4) is 0 Å². The van der Waals surface area contributed by atoms with E-state index in [1.54, 1.807) is 51.1 Å². The molecule has 1 N–H and O–H groups in total. The van der Waals surface area contributed by atoms with Gasteiger partial charge in [-0.1, -0.05) is 24.8 Å². The first-order valence-corrected chi connectivity index (χ1v) is 7.77. The van der Waals surface area contributed by atoms with Crippen molar-refractivity contribution < 1.29 is 24.2 Å². The zero-order valence-electron chi connectivity index (χ0n) is 14.2. The summed E-state index contributed by atoms with van der Waals surface area (Å²) in [5, 5.41) is 9.67. The monoisotopic (exact) mass is 333 g/mol. The Bertz CT molecular complexity index is 620. The maximum atomic E-state index is 12.3. The number of esters is 1. The minimum Gasteiger partial charge on any atom is -0.452 e. The number of aliphatic hydroxyl groups excluding tert-OH is 1. The summed E-state index contributed by atoms with van der Waals surface area (Å²) in [6.45, 7) is 8.97. The van der Waals surface area contributed by atoms with E-state index in [-0.39, 0.29) is 13.2 Å². The topological polar surface area (TPSA) is 76.1 Å². The van der Waals surface area contributed by atoms with Gasteiger partial charge < -0.3 is 14.6 Å². The van der Waals surface area contributed by atoms with Crippen LogP contribution in [0.2, 0.25) is 0 Å². The van der Waals surface area contributed by atoms with Crippen LogP contribution in [0.25, 0.3) is 0 Å². The number of carbonyl (C=O) groups is 2. The van der Waals surface area contributed by atoms with Gasteiger partial charge in [-0.2, -0.15) is 0 Å². The van der Waals surface area contributed by atoms with Gasteiger partial charge in [0.15, 0.2) is 0 Å². The molecule has 1 aliphatic heterocycles. The second-order valence-corrected chi connectivity index (χ2v) is 6.71. The second-order valence-electron chi connectivity index (χ2n) is 6.71. The Morgan fingerprint density at radius 1 is 1.29 bits per heavy atom. The number of rotatable bonds is 3. The molecule has 2 rings (SSSR count). The number of benzene rings is 1. The summed E-state index contributed by atoms with van der Waals surface area (Å²) in [5.41, 5.74) is 0.291. The largest absolute Gasteiger partial charge is 0.452 e. The van der Waals surface area contributed by atoms with E-state index in [9.17, 15) is 14.7 Å². The maximum Gasteiger partial charge on any atom is 0.411 e. The van der Waals surface area contributed by atoms with E-state index < -0.39 is 29.8 Å². The number of amides is 1. The Balaban J connectivity index is 2.12. The van der Waals surface area contributed by atoms with Crippen LogP contribution in [0.3, 0.4) is 0 Å². The lowest BCUT2D eigenvalue weighted by atomic mass is 10.1. The summed E-state index contributed by atoms with van der Waals surface area (Å²) in [5.74, 6) is -0.522. The van der Waals surface area contributed by atoms with E-state index in [1.807, 2.05) is 0 Å². The first-order chi connectivity index (χ1) is 11.2. The number of hydrogen-bond acceptors (Lipinski definition) is 5. The smallest absolute Gasteiger partial charge is 0.411 e. The number of nitrogens with zero attached hydrogens (tertiary/aromatic N) is 1. The van der Waals surface area contributed by atoms with Gasteiger partial charge >= 0.3 is 12.1 Å². The Hall–Kier alpha value is -2.34. The number of hydrogen-bond donors (Lipinski definition) is 1. The first kappa shape index (κ1) is 18.0. The van der Waals surface area contributed by atoms with Crippen molar-refractivity contribution in [1.29, 1.82) is 0 Å². The first-order valence-electron chi connectivity index (χ1n) is 7.77. The van der Waals surface area contributed by atoms with Gasteiger partial charge in [0, 0.05) is 6.54 Å². The Kier molecular flexibility index (Phi) is 5.29. The summed E-state index contributed by atoms with van der Waals surface area (Å²) in [6.07, 6.45) is -1.34. The van der Waals surface area contributed by atoms with Crippen LogP contribution < -0.4 is 0 Å². The molecular formula is C18H23NO5. The van der Waals surface area contributed by atoms with Gasteiger partial charge in [-0.15, -0.1) is 0 Å². The van der Waals surface area contributed by atoms with Crippen LogP contribution in [0.15, 0.2) is 42.5 Å². The van der Waals surface area contributed by atoms with E-state index in [2.05, 4.69) is 6.58 Å². The van der Waals surface area contributed by atoms with Crippen molar-refractivity contribution in [1.82, 2.24) is 4.90 Å². The van der Waals surface area contributed by atoms with E-state index in [1.165, 1.54) is 4.90 Å². The minimum atomic E-state index is -0.768. The van der Waals surface area contributed by atoms with Crippen molar-refractivity contribution in [2.75, 3.05) is 13.2 Å². The molecule has 0 saturated carbocycles. The average Bonchev–Trinajstić information content (AvgIpc) is 2.83. The standard InChI is InChI=1S/C18H23NO5/c1-12-10-19(17(22)24-18(2,3)4)14(11-20)15(12)23-16(21)13-8-6-5-7-9-13/h5-9,14-15,20H,1,10-11H2,2-4H3/t14-,15+/m1/s1. The van der Waals surface area contributed by atoms with E-state index in [0.29, 0.717) is 11.1 Å². The lowest BCUT2D eigenvalue weighted by molar-refractivity contribution is -0.00368. The van der Waals surface area contributed by atoms with Crippen LogP contribution in [-0.2, 0) is 9.47 Å². The maximum absolute atomic E-state index is 12.3. The number of aliphatic hydroxyl groups is 1. The van der Waals surface area contributed by atoms with Crippen LogP contribution in [0, 0.1) is 0 Å². The normalized spacial score (nSPS) is 20.8. The quantitative estimate of drug-likeness (QED) is 0.679. The molecule has 0 radical (unpaired) electrons. The zero-order valence-corrected chi connectivity index (χ0v) is 14.2. The molecule has 1 aromatic carbocycles. The lowest BCUT2D eigenvalue weighted by Crippen LogP contribution is -2.45. The molecule has 0 aliphatic carbocycles. The molecule has 0 spiro atoms. The third-order valence-corrected chi connectivity index (χ3v) is 3.58. The highest BCUT2D eigenvalue weighted by molar-refractivity contribution is 5.89. The number of likely N-dealkylation sites (tertiary alicyclic amines) is 1. The summed E-state index contributed by atoms with van der Waals surface area (Å²) in [7, 11) is 0. The number of ether oxygens (including phenoxy) is 2. The molecular weight excluding hydrogens is 310 g/mol. The molecule has 6 nitrogen and oxygen atoms in total. The molecule has 130 valence electrons. The predicted octanol–water partition coefficient (Wildman–Crippen LogP) is 2.38. The van der Waals surface area contributed by atoms with E-state index >= 15 is 0 Å². The van der Waals surface area contributed by atoms with Crippen molar-refractivity contribution in [2.24, 2.45) is 0 Å². The van der Waals surface area contributed by atoms with Crippen molar-refractivity contribution >= 4 is 12.1 Å². The van der Waals surface area contributed by atoms with Crippen LogP contribution in [0.4, 0.5) is 4.79 Å². The van der Waals surface area contributed by atoms with Gasteiger partial charge in [-0.05, 0) is 38.5 Å². The molecule has 0 unspecified atom stereocenters. The minimum absolute atomic E-state index is 0.173. The highest BCUT2D eigenvalue weighted by Gasteiger charge is 2.43. The van der Waals surface area contributed by atoms with Crippen LogP contribution in [0.5, 0.6) is 0 Å². The van der Waals surface area contributed by atoms with Crippen LogP contribution in [-0.4, -0.2) is 53.0 Å². The van der Waals surface area contributed by atoms with E-state index in [4.69, 9.17) is 9.47 Å². The van der Waals surface area contributed by atoms with Crippen molar-refractivity contribution in [2.45, 2.75) is 38.5 Å². The Labute approximate surface area is 141 Å². The van der Waals surface area contributed by atoms with Crippen molar-refractivity contribution in [3.05, 3.63) is 48.0 Å². The molecule has 1 aliphatic rings. The fourth-order valence-corrected chi connectivity index (χ4v) is 2.50. The molecule has 1 fully saturated rings. The van der Waals surface area contributed by atoms with E-state index in [0.717, 1.165) is 0 Å². The molecule has 6 heteroatoms. The zero-order chi connectivity index (χ0) is 17.9. The fourth-order valence-electron chi connectivity index (χ4n) is 2.50. The molecule has 2 atom stereocenters. The Morgan fingerprint density at radius 3 is 2.46 bits per heavy atom. The molecule has 1 heterocycles. The van der Waals surface area contributed by atoms with Gasteiger partial charge in [0.2, 0.25) is 0 Å². The molecule has 1 saturated heterocycles. The summed E-state index contributed by atoms with van der Waals surface area (Å²) >= 11 is 0. The highest BCUT2D eigenvalue weighted by Crippen LogP contribution is 2.27. The van der Waals surface area contributed by atoms with Crippen molar-refractivity contribution in [3.63, 3.8) is 0 Å². The van der Waals surface area contributed by atoms with Crippen LogP contribution in [0.1, 0.15) is 31.1 Å². The van der Waals surface area contributed by atoms with Gasteiger partial charge in [0.25, 0.3) is 0 Å². The average molecular weight is 333 g/mol.